The van der Waals surface area contributed by atoms with Gasteiger partial charge in [0.25, 0.3) is 0 Å². The fourth-order valence-electron chi connectivity index (χ4n) is 2.35. The summed E-state index contributed by atoms with van der Waals surface area (Å²) in [5.74, 6) is -2.12. The maximum atomic E-state index is 13.6. The van der Waals surface area contributed by atoms with Crippen LogP contribution >= 0.6 is 0 Å². The van der Waals surface area contributed by atoms with Gasteiger partial charge in [0.2, 0.25) is 5.82 Å². The summed E-state index contributed by atoms with van der Waals surface area (Å²) >= 11 is 0. The lowest BCUT2D eigenvalue weighted by Gasteiger charge is -2.33. The summed E-state index contributed by atoms with van der Waals surface area (Å²) in [6, 6.07) is 0.804. The molecule has 0 radical (unpaired) electrons. The van der Waals surface area contributed by atoms with Crippen LogP contribution in [0.15, 0.2) is 12.1 Å². The van der Waals surface area contributed by atoms with E-state index in [0.717, 1.165) is 18.9 Å². The van der Waals surface area contributed by atoms with E-state index in [1.165, 1.54) is 4.90 Å². The van der Waals surface area contributed by atoms with E-state index >= 15 is 0 Å². The number of halogens is 2. The quantitative estimate of drug-likeness (QED) is 0.480. The molecule has 7 heteroatoms. The lowest BCUT2D eigenvalue weighted by molar-refractivity contribution is -0.386. The van der Waals surface area contributed by atoms with Gasteiger partial charge in [0.05, 0.1) is 11.0 Å². The van der Waals surface area contributed by atoms with Crippen molar-refractivity contribution in [2.45, 2.75) is 25.3 Å². The topological polar surface area (TPSA) is 63.5 Å². The van der Waals surface area contributed by atoms with E-state index in [4.69, 9.17) is 0 Å². The minimum Gasteiger partial charge on any atom is -0.356 e. The predicted molar refractivity (Wildman–Crippen MR) is 64.1 cm³/mol. The van der Waals surface area contributed by atoms with Crippen LogP contribution in [-0.2, 0) is 4.79 Å². The fourth-order valence-corrected chi connectivity index (χ4v) is 2.35. The zero-order valence-corrected chi connectivity index (χ0v) is 10.0. The van der Waals surface area contributed by atoms with E-state index < -0.39 is 28.3 Å². The van der Waals surface area contributed by atoms with Crippen molar-refractivity contribution >= 4 is 17.7 Å². The molecule has 0 amide bonds. The first kappa shape index (κ1) is 13.4. The van der Waals surface area contributed by atoms with Gasteiger partial charge in [-0.05, 0) is 19.3 Å². The molecule has 102 valence electrons. The molecule has 1 unspecified atom stereocenters. The van der Waals surface area contributed by atoms with Crippen molar-refractivity contribution < 1.29 is 18.5 Å². The standard InChI is InChI=1S/C12H12F2N2O3/c13-8-5-10(14)12(16(18)19)11(6-8)15-4-2-1-3-9(15)7-17/h5-7,9H,1-4H2. The lowest BCUT2D eigenvalue weighted by Crippen LogP contribution is -2.41. The minimum atomic E-state index is -1.23. The number of nitrogens with zero attached hydrogens (tertiary/aromatic N) is 2. The fraction of sp³-hybridized carbons (Fsp3) is 0.417. The predicted octanol–water partition coefficient (Wildman–Crippen LogP) is 2.43. The zero-order valence-electron chi connectivity index (χ0n) is 10.0. The smallest absolute Gasteiger partial charge is 0.328 e. The van der Waals surface area contributed by atoms with Crippen molar-refractivity contribution in [1.29, 1.82) is 0 Å². The van der Waals surface area contributed by atoms with Gasteiger partial charge in [-0.25, -0.2) is 4.39 Å². The molecule has 0 saturated carbocycles. The molecule has 1 fully saturated rings. The lowest BCUT2D eigenvalue weighted by atomic mass is 10.0. The summed E-state index contributed by atoms with van der Waals surface area (Å²) < 4.78 is 26.8. The number of hydrogen-bond donors (Lipinski definition) is 0. The number of carbonyl (C=O) groups is 1. The van der Waals surface area contributed by atoms with Gasteiger partial charge in [0.15, 0.2) is 0 Å². The molecule has 1 aliphatic rings. The van der Waals surface area contributed by atoms with Gasteiger partial charge in [-0.3, -0.25) is 10.1 Å². The van der Waals surface area contributed by atoms with Crippen molar-refractivity contribution in [3.8, 4) is 0 Å². The molecule has 0 N–H and O–H groups in total. The number of aldehydes is 1. The average Bonchev–Trinajstić information content (AvgIpc) is 2.37. The monoisotopic (exact) mass is 270 g/mol. The second kappa shape index (κ2) is 5.29. The summed E-state index contributed by atoms with van der Waals surface area (Å²) in [6.07, 6.45) is 2.72. The maximum Gasteiger partial charge on any atom is 0.328 e. The van der Waals surface area contributed by atoms with Crippen LogP contribution in [0.5, 0.6) is 0 Å². The summed E-state index contributed by atoms with van der Waals surface area (Å²) in [7, 11) is 0. The third-order valence-electron chi connectivity index (χ3n) is 3.21. The van der Waals surface area contributed by atoms with Crippen molar-refractivity contribution in [1.82, 2.24) is 0 Å². The van der Waals surface area contributed by atoms with E-state index in [9.17, 15) is 23.7 Å². The summed E-state index contributed by atoms with van der Waals surface area (Å²) in [5, 5.41) is 10.9. The molecule has 1 aromatic carbocycles. The molecule has 1 atom stereocenters. The number of piperidine rings is 1. The third-order valence-corrected chi connectivity index (χ3v) is 3.21. The molecule has 0 bridgehead atoms. The summed E-state index contributed by atoms with van der Waals surface area (Å²) in [5.41, 5.74) is -0.950. The second-order valence-electron chi connectivity index (χ2n) is 4.41. The third kappa shape index (κ3) is 2.54. The number of nitro benzene ring substituents is 1. The Bertz CT molecular complexity index is 522. The molecule has 0 spiro atoms. The van der Waals surface area contributed by atoms with Gasteiger partial charge in [-0.1, -0.05) is 0 Å². The first-order valence-corrected chi connectivity index (χ1v) is 5.90. The van der Waals surface area contributed by atoms with E-state index in [1.807, 2.05) is 0 Å². The largest absolute Gasteiger partial charge is 0.356 e. The van der Waals surface area contributed by atoms with Crippen LogP contribution in [0, 0.1) is 21.7 Å². The average molecular weight is 270 g/mol. The van der Waals surface area contributed by atoms with Crippen molar-refractivity contribution in [2.24, 2.45) is 0 Å². The van der Waals surface area contributed by atoms with Crippen LogP contribution in [-0.4, -0.2) is 23.8 Å². The van der Waals surface area contributed by atoms with Crippen LogP contribution in [0.1, 0.15) is 19.3 Å². The molecule has 0 aliphatic carbocycles. The Labute approximate surface area is 108 Å². The molecular weight excluding hydrogens is 258 g/mol. The van der Waals surface area contributed by atoms with Gasteiger partial charge in [-0.2, -0.15) is 4.39 Å². The Balaban J connectivity index is 2.53. The number of hydrogen-bond acceptors (Lipinski definition) is 4. The van der Waals surface area contributed by atoms with Gasteiger partial charge in [0, 0.05) is 18.7 Å². The Morgan fingerprint density at radius 2 is 2.11 bits per heavy atom. The van der Waals surface area contributed by atoms with Crippen molar-refractivity contribution in [3.05, 3.63) is 33.9 Å². The van der Waals surface area contributed by atoms with Crippen LogP contribution in [0.4, 0.5) is 20.2 Å². The molecule has 2 rings (SSSR count). The van der Waals surface area contributed by atoms with E-state index in [0.29, 0.717) is 25.3 Å². The first-order chi connectivity index (χ1) is 9.04. The van der Waals surface area contributed by atoms with Gasteiger partial charge < -0.3 is 9.69 Å². The number of carbonyl (C=O) groups excluding carboxylic acids is 1. The van der Waals surface area contributed by atoms with E-state index in [2.05, 4.69) is 0 Å². The number of rotatable bonds is 3. The molecule has 1 heterocycles. The number of nitro groups is 1. The molecule has 0 aromatic heterocycles. The van der Waals surface area contributed by atoms with E-state index in [1.54, 1.807) is 0 Å². The number of benzene rings is 1. The van der Waals surface area contributed by atoms with Crippen LogP contribution in [0.25, 0.3) is 0 Å². The summed E-state index contributed by atoms with van der Waals surface area (Å²) in [4.78, 5) is 22.4. The normalized spacial score (nSPS) is 19.3. The van der Waals surface area contributed by atoms with Crippen LogP contribution < -0.4 is 4.90 Å². The highest BCUT2D eigenvalue weighted by Gasteiger charge is 2.31. The summed E-state index contributed by atoms with van der Waals surface area (Å²) in [6.45, 7) is 0.368. The highest BCUT2D eigenvalue weighted by molar-refractivity contribution is 5.72. The van der Waals surface area contributed by atoms with Crippen LogP contribution in [0.2, 0.25) is 0 Å². The molecule has 19 heavy (non-hydrogen) atoms. The van der Waals surface area contributed by atoms with Gasteiger partial charge in [-0.15, -0.1) is 0 Å². The molecule has 1 saturated heterocycles. The van der Waals surface area contributed by atoms with Gasteiger partial charge >= 0.3 is 5.69 Å². The van der Waals surface area contributed by atoms with Gasteiger partial charge in [0.1, 0.15) is 17.8 Å². The Morgan fingerprint density at radius 3 is 2.74 bits per heavy atom. The van der Waals surface area contributed by atoms with Crippen LogP contribution in [0.3, 0.4) is 0 Å². The zero-order chi connectivity index (χ0) is 14.0. The molecule has 5 nitrogen and oxygen atoms in total. The SMILES string of the molecule is O=CC1CCCCN1c1cc(F)cc(F)c1[N+](=O)[O-]. The first-order valence-electron chi connectivity index (χ1n) is 5.90. The molecule has 1 aliphatic heterocycles. The van der Waals surface area contributed by atoms with Crippen molar-refractivity contribution in [2.75, 3.05) is 11.4 Å². The Hall–Kier alpha value is -2.05. The Kier molecular flexibility index (Phi) is 3.73. The maximum absolute atomic E-state index is 13.6. The highest BCUT2D eigenvalue weighted by atomic mass is 19.1. The minimum absolute atomic E-state index is 0.167. The Morgan fingerprint density at radius 1 is 1.37 bits per heavy atom. The molecular formula is C12H12F2N2O3. The molecule has 1 aromatic rings. The van der Waals surface area contributed by atoms with E-state index in [-0.39, 0.29) is 5.69 Å². The number of anilines is 1. The second-order valence-corrected chi connectivity index (χ2v) is 4.41. The highest BCUT2D eigenvalue weighted by Crippen LogP contribution is 2.35. The van der Waals surface area contributed by atoms with Crippen molar-refractivity contribution in [3.63, 3.8) is 0 Å².